The lowest BCUT2D eigenvalue weighted by molar-refractivity contribution is -0.132. The lowest BCUT2D eigenvalue weighted by atomic mass is 9.97. The second-order valence-corrected chi connectivity index (χ2v) is 3.66. The number of carbonyl (C=O) groups excluding carboxylic acids is 1. The van der Waals surface area contributed by atoms with Crippen molar-refractivity contribution in [2.45, 2.75) is 13.3 Å². The minimum Gasteiger partial charge on any atom is -0.464 e. The monoisotopic (exact) mass is 239 g/mol. The lowest BCUT2D eigenvalue weighted by Crippen LogP contribution is -2.13. The van der Waals surface area contributed by atoms with Gasteiger partial charge in [-0.1, -0.05) is 17.3 Å². The van der Waals surface area contributed by atoms with Gasteiger partial charge >= 0.3 is 5.97 Å². The molecule has 5 nitrogen and oxygen atoms in total. The van der Waals surface area contributed by atoms with Crippen LogP contribution in [-0.2, 0) is 14.3 Å². The summed E-state index contributed by atoms with van der Waals surface area (Å²) in [5.41, 5.74) is 0.943. The van der Waals surface area contributed by atoms with Crippen LogP contribution in [0.5, 0.6) is 0 Å². The van der Waals surface area contributed by atoms with E-state index < -0.39 is 5.97 Å². The average molecular weight is 239 g/mol. The summed E-state index contributed by atoms with van der Waals surface area (Å²) in [7, 11) is 1.24. The molecule has 0 aliphatic carbocycles. The van der Waals surface area contributed by atoms with Crippen LogP contribution < -0.4 is 0 Å². The molecule has 1 N–H and O–H groups in total. The van der Waals surface area contributed by atoms with E-state index in [1.807, 2.05) is 13.0 Å². The van der Waals surface area contributed by atoms with Gasteiger partial charge in [0.15, 0.2) is 5.71 Å². The average Bonchev–Trinajstić information content (AvgIpc) is 2.87. The standard InChI is InChI=1S/C12H17NO4/c1-3-9(10-6-7-17-8-10)4-5-11(13-15)12(14)16-2/h3-5,10,15H,6-8H2,1-2H3/b5-4-,9-3+,13-11-. The Labute approximate surface area is 100 Å². The number of esters is 1. The first kappa shape index (κ1) is 13.4. The quantitative estimate of drug-likeness (QED) is 0.265. The smallest absolute Gasteiger partial charge is 0.360 e. The SMILES string of the molecule is C\C=C(/C=C\C(=N\O)C(=O)OC)C1CCOC1. The minimum absolute atomic E-state index is 0.120. The van der Waals surface area contributed by atoms with Crippen molar-refractivity contribution in [3.05, 3.63) is 23.8 Å². The molecule has 1 unspecified atom stereocenters. The van der Waals surface area contributed by atoms with Crippen LogP contribution in [-0.4, -0.2) is 37.2 Å². The maximum Gasteiger partial charge on any atom is 0.360 e. The second kappa shape index (κ2) is 6.85. The Bertz CT molecular complexity index is 352. The highest BCUT2D eigenvalue weighted by Crippen LogP contribution is 2.22. The van der Waals surface area contributed by atoms with Gasteiger partial charge in [-0.05, 0) is 25.0 Å². The summed E-state index contributed by atoms with van der Waals surface area (Å²) in [6.45, 7) is 3.37. The molecule has 1 aliphatic rings. The molecule has 1 aliphatic heterocycles. The number of hydrogen-bond acceptors (Lipinski definition) is 5. The van der Waals surface area contributed by atoms with Gasteiger partial charge in [0.1, 0.15) is 0 Å². The van der Waals surface area contributed by atoms with E-state index in [1.54, 1.807) is 6.08 Å². The Hall–Kier alpha value is -1.62. The van der Waals surface area contributed by atoms with Gasteiger partial charge in [-0.2, -0.15) is 0 Å². The summed E-state index contributed by atoms with van der Waals surface area (Å²) in [6.07, 6.45) is 6.13. The van der Waals surface area contributed by atoms with Crippen LogP contribution in [0.1, 0.15) is 13.3 Å². The zero-order valence-corrected chi connectivity index (χ0v) is 10.0. The number of oxime groups is 1. The Balaban J connectivity index is 2.70. The maximum atomic E-state index is 11.2. The van der Waals surface area contributed by atoms with Crippen molar-refractivity contribution in [3.8, 4) is 0 Å². The van der Waals surface area contributed by atoms with Crippen molar-refractivity contribution in [2.75, 3.05) is 20.3 Å². The van der Waals surface area contributed by atoms with E-state index in [9.17, 15) is 4.79 Å². The number of hydrogen-bond donors (Lipinski definition) is 1. The summed E-state index contributed by atoms with van der Waals surface area (Å²) in [5.74, 6) is -0.323. The van der Waals surface area contributed by atoms with Crippen LogP contribution in [0.15, 0.2) is 29.0 Å². The molecule has 5 heteroatoms. The molecule has 1 fully saturated rings. The van der Waals surface area contributed by atoms with Gasteiger partial charge in [-0.3, -0.25) is 0 Å². The molecule has 0 aromatic heterocycles. The predicted molar refractivity (Wildman–Crippen MR) is 63.1 cm³/mol. The van der Waals surface area contributed by atoms with E-state index in [0.29, 0.717) is 12.5 Å². The summed E-state index contributed by atoms with van der Waals surface area (Å²) in [6, 6.07) is 0. The molecule has 0 bridgehead atoms. The normalized spacial score (nSPS) is 22.1. The van der Waals surface area contributed by atoms with Crippen LogP contribution in [0.4, 0.5) is 0 Å². The molecule has 0 radical (unpaired) electrons. The summed E-state index contributed by atoms with van der Waals surface area (Å²) >= 11 is 0. The van der Waals surface area contributed by atoms with Gasteiger partial charge in [-0.15, -0.1) is 0 Å². The number of allylic oxidation sites excluding steroid dienone is 2. The van der Waals surface area contributed by atoms with Crippen molar-refractivity contribution in [2.24, 2.45) is 11.1 Å². The van der Waals surface area contributed by atoms with Crippen LogP contribution >= 0.6 is 0 Å². The fourth-order valence-electron chi connectivity index (χ4n) is 1.69. The molecule has 1 rings (SSSR count). The molecular formula is C12H17NO4. The number of carbonyl (C=O) groups is 1. The van der Waals surface area contributed by atoms with Crippen molar-refractivity contribution in [1.29, 1.82) is 0 Å². The van der Waals surface area contributed by atoms with Crippen molar-refractivity contribution < 1.29 is 19.5 Å². The van der Waals surface area contributed by atoms with E-state index >= 15 is 0 Å². The summed E-state index contributed by atoms with van der Waals surface area (Å²) < 4.78 is 9.77. The number of nitrogens with zero attached hydrogens (tertiary/aromatic N) is 1. The van der Waals surface area contributed by atoms with Gasteiger partial charge in [-0.25, -0.2) is 4.79 Å². The summed E-state index contributed by atoms with van der Waals surface area (Å²) in [5, 5.41) is 11.6. The molecule has 0 amide bonds. The van der Waals surface area contributed by atoms with Gasteiger partial charge in [0.2, 0.25) is 0 Å². The third-order valence-corrected chi connectivity index (χ3v) is 2.67. The van der Waals surface area contributed by atoms with Gasteiger partial charge in [0.25, 0.3) is 0 Å². The van der Waals surface area contributed by atoms with E-state index in [1.165, 1.54) is 13.2 Å². The highest BCUT2D eigenvalue weighted by Gasteiger charge is 2.18. The highest BCUT2D eigenvalue weighted by atomic mass is 16.5. The first-order valence-corrected chi connectivity index (χ1v) is 5.45. The van der Waals surface area contributed by atoms with E-state index in [4.69, 9.17) is 9.94 Å². The molecule has 94 valence electrons. The van der Waals surface area contributed by atoms with Crippen LogP contribution in [0, 0.1) is 5.92 Å². The van der Waals surface area contributed by atoms with E-state index in [-0.39, 0.29) is 5.71 Å². The molecule has 1 saturated heterocycles. The molecule has 0 aromatic carbocycles. The third-order valence-electron chi connectivity index (χ3n) is 2.67. The van der Waals surface area contributed by atoms with Gasteiger partial charge < -0.3 is 14.7 Å². The van der Waals surface area contributed by atoms with E-state index in [0.717, 1.165) is 18.6 Å². The fourth-order valence-corrected chi connectivity index (χ4v) is 1.69. The Morgan fingerprint density at radius 3 is 2.76 bits per heavy atom. The Kier molecular flexibility index (Phi) is 5.42. The zero-order valence-electron chi connectivity index (χ0n) is 10.0. The molecule has 0 aromatic rings. The molecule has 0 saturated carbocycles. The number of rotatable bonds is 4. The minimum atomic E-state index is -0.665. The molecular weight excluding hydrogens is 222 g/mol. The van der Waals surface area contributed by atoms with Gasteiger partial charge in [0.05, 0.1) is 13.7 Å². The van der Waals surface area contributed by atoms with Crippen LogP contribution in [0.25, 0.3) is 0 Å². The molecule has 0 spiro atoms. The third kappa shape index (κ3) is 3.71. The van der Waals surface area contributed by atoms with Crippen LogP contribution in [0.2, 0.25) is 0 Å². The lowest BCUT2D eigenvalue weighted by Gasteiger charge is -2.08. The van der Waals surface area contributed by atoms with Crippen molar-refractivity contribution >= 4 is 11.7 Å². The molecule has 1 heterocycles. The molecule has 17 heavy (non-hydrogen) atoms. The molecule has 1 atom stereocenters. The van der Waals surface area contributed by atoms with E-state index in [2.05, 4.69) is 9.89 Å². The second-order valence-electron chi connectivity index (χ2n) is 3.66. The first-order valence-electron chi connectivity index (χ1n) is 5.45. The number of methoxy groups -OCH3 is 1. The van der Waals surface area contributed by atoms with Crippen molar-refractivity contribution in [1.82, 2.24) is 0 Å². The Morgan fingerprint density at radius 1 is 1.53 bits per heavy atom. The highest BCUT2D eigenvalue weighted by molar-refractivity contribution is 6.41. The predicted octanol–water partition coefficient (Wildman–Crippen LogP) is 1.53. The number of ether oxygens (including phenoxy) is 2. The maximum absolute atomic E-state index is 11.2. The topological polar surface area (TPSA) is 68.1 Å². The van der Waals surface area contributed by atoms with Gasteiger partial charge in [0, 0.05) is 12.5 Å². The summed E-state index contributed by atoms with van der Waals surface area (Å²) in [4.78, 5) is 11.2. The van der Waals surface area contributed by atoms with Crippen LogP contribution in [0.3, 0.4) is 0 Å². The first-order chi connectivity index (χ1) is 8.22. The zero-order chi connectivity index (χ0) is 12.7. The van der Waals surface area contributed by atoms with Crippen molar-refractivity contribution in [3.63, 3.8) is 0 Å². The fraction of sp³-hybridized carbons (Fsp3) is 0.500. The Morgan fingerprint density at radius 2 is 2.29 bits per heavy atom. The largest absolute Gasteiger partial charge is 0.464 e.